The Balaban J connectivity index is 1.83. The number of pyridine rings is 1. The summed E-state index contributed by atoms with van der Waals surface area (Å²) in [5.41, 5.74) is 0.689. The molecule has 2 heterocycles. The fourth-order valence-electron chi connectivity index (χ4n) is 2.16. The molecule has 6 nitrogen and oxygen atoms in total. The van der Waals surface area contributed by atoms with Crippen molar-refractivity contribution in [2.45, 2.75) is 12.7 Å². The molecule has 0 radical (unpaired) electrons. The first kappa shape index (κ1) is 16.4. The van der Waals surface area contributed by atoms with Crippen molar-refractivity contribution in [2.75, 3.05) is 0 Å². The molecule has 0 unspecified atom stereocenters. The molecule has 0 saturated carbocycles. The van der Waals surface area contributed by atoms with E-state index in [0.717, 1.165) is 5.56 Å². The first-order valence-electron chi connectivity index (χ1n) is 6.98. The van der Waals surface area contributed by atoms with E-state index in [1.807, 2.05) is 6.07 Å². The molecule has 0 amide bonds. The average molecular weight is 346 g/mol. The van der Waals surface area contributed by atoms with Crippen LogP contribution in [0, 0.1) is 11.3 Å². The molecular formula is C16H9F3N4O2. The summed E-state index contributed by atoms with van der Waals surface area (Å²) in [5, 5.41) is 12.2. The maximum absolute atomic E-state index is 12.5. The van der Waals surface area contributed by atoms with Gasteiger partial charge in [0.2, 0.25) is 5.82 Å². The molecule has 0 bridgehead atoms. The van der Waals surface area contributed by atoms with Crippen LogP contribution >= 0.6 is 0 Å². The van der Waals surface area contributed by atoms with Gasteiger partial charge in [-0.1, -0.05) is 29.4 Å². The highest BCUT2D eigenvalue weighted by molar-refractivity contribution is 5.54. The molecule has 0 spiro atoms. The molecule has 0 aliphatic rings. The third-order valence-electron chi connectivity index (χ3n) is 3.37. The van der Waals surface area contributed by atoms with Crippen molar-refractivity contribution in [1.82, 2.24) is 14.7 Å². The number of alkyl halides is 3. The molecule has 0 atom stereocenters. The second kappa shape index (κ2) is 6.24. The Kier molecular flexibility index (Phi) is 4.10. The molecule has 126 valence electrons. The summed E-state index contributed by atoms with van der Waals surface area (Å²) in [7, 11) is 0. The Morgan fingerprint density at radius 2 is 1.92 bits per heavy atom. The van der Waals surface area contributed by atoms with Gasteiger partial charge in [0.1, 0.15) is 11.6 Å². The van der Waals surface area contributed by atoms with Crippen LogP contribution in [0.2, 0.25) is 0 Å². The van der Waals surface area contributed by atoms with E-state index < -0.39 is 17.6 Å². The Morgan fingerprint density at radius 1 is 1.20 bits per heavy atom. The van der Waals surface area contributed by atoms with Crippen molar-refractivity contribution in [2.24, 2.45) is 0 Å². The summed E-state index contributed by atoms with van der Waals surface area (Å²) in [5.74, 6) is -1.59. The molecule has 0 aliphatic heterocycles. The lowest BCUT2D eigenvalue weighted by Crippen LogP contribution is -2.22. The molecule has 0 saturated heterocycles. The standard InChI is InChI=1S/C16H9F3N4O2/c17-16(18,19)15-21-13(22-25-15)11-5-3-10(4-6-11)9-23-7-1-2-12(8-20)14(23)24/h1-7H,9H2. The normalized spacial score (nSPS) is 11.3. The van der Waals surface area contributed by atoms with Crippen LogP contribution in [-0.2, 0) is 12.7 Å². The van der Waals surface area contributed by atoms with Crippen molar-refractivity contribution in [3.8, 4) is 17.5 Å². The third-order valence-corrected chi connectivity index (χ3v) is 3.37. The highest BCUT2D eigenvalue weighted by Crippen LogP contribution is 2.29. The van der Waals surface area contributed by atoms with Gasteiger partial charge in [0, 0.05) is 11.8 Å². The van der Waals surface area contributed by atoms with Crippen LogP contribution in [0.15, 0.2) is 51.9 Å². The van der Waals surface area contributed by atoms with Gasteiger partial charge >= 0.3 is 12.1 Å². The summed E-state index contributed by atoms with van der Waals surface area (Å²) >= 11 is 0. The predicted octanol–water partition coefficient (Wildman–Crippen LogP) is 2.84. The fourth-order valence-corrected chi connectivity index (χ4v) is 2.16. The van der Waals surface area contributed by atoms with E-state index >= 15 is 0 Å². The fraction of sp³-hybridized carbons (Fsp3) is 0.125. The molecule has 2 aromatic heterocycles. The van der Waals surface area contributed by atoms with E-state index in [2.05, 4.69) is 14.7 Å². The number of halogens is 3. The van der Waals surface area contributed by atoms with Crippen LogP contribution in [0.3, 0.4) is 0 Å². The zero-order chi connectivity index (χ0) is 18.0. The van der Waals surface area contributed by atoms with Crippen molar-refractivity contribution in [3.63, 3.8) is 0 Å². The lowest BCUT2D eigenvalue weighted by Gasteiger charge is -2.06. The summed E-state index contributed by atoms with van der Waals surface area (Å²) in [6, 6.07) is 11.1. The number of hydrogen-bond acceptors (Lipinski definition) is 5. The lowest BCUT2D eigenvalue weighted by atomic mass is 10.1. The highest BCUT2D eigenvalue weighted by Gasteiger charge is 2.38. The Labute approximate surface area is 138 Å². The lowest BCUT2D eigenvalue weighted by molar-refractivity contribution is -0.159. The van der Waals surface area contributed by atoms with Gasteiger partial charge in [-0.15, -0.1) is 0 Å². The maximum Gasteiger partial charge on any atom is 0.471 e. The van der Waals surface area contributed by atoms with E-state index in [1.54, 1.807) is 24.4 Å². The zero-order valence-electron chi connectivity index (χ0n) is 12.5. The SMILES string of the molecule is N#Cc1cccn(Cc2ccc(-c3noc(C(F)(F)F)n3)cc2)c1=O. The average Bonchev–Trinajstić information content (AvgIpc) is 3.08. The van der Waals surface area contributed by atoms with Crippen LogP contribution in [0.5, 0.6) is 0 Å². The quantitative estimate of drug-likeness (QED) is 0.728. The van der Waals surface area contributed by atoms with E-state index in [0.29, 0.717) is 5.56 Å². The first-order chi connectivity index (χ1) is 11.9. The maximum atomic E-state index is 12.5. The second-order valence-corrected chi connectivity index (χ2v) is 5.08. The number of benzene rings is 1. The van der Waals surface area contributed by atoms with Crippen LogP contribution < -0.4 is 5.56 Å². The van der Waals surface area contributed by atoms with E-state index in [9.17, 15) is 18.0 Å². The smallest absolute Gasteiger partial charge is 0.329 e. The van der Waals surface area contributed by atoms with E-state index in [4.69, 9.17) is 5.26 Å². The minimum atomic E-state index is -4.70. The molecule has 3 rings (SSSR count). The number of aromatic nitrogens is 3. The summed E-state index contributed by atoms with van der Waals surface area (Å²) in [6.07, 6.45) is -3.15. The first-order valence-corrected chi connectivity index (χ1v) is 6.98. The van der Waals surface area contributed by atoms with Gasteiger partial charge in [-0.05, 0) is 17.7 Å². The number of nitrogens with zero attached hydrogens (tertiary/aromatic N) is 4. The van der Waals surface area contributed by atoms with Gasteiger partial charge in [0.25, 0.3) is 5.56 Å². The number of hydrogen-bond donors (Lipinski definition) is 0. The Morgan fingerprint density at radius 3 is 2.52 bits per heavy atom. The highest BCUT2D eigenvalue weighted by atomic mass is 19.4. The molecule has 25 heavy (non-hydrogen) atoms. The summed E-state index contributed by atoms with van der Waals surface area (Å²) in [6.45, 7) is 0.217. The van der Waals surface area contributed by atoms with Gasteiger partial charge in [-0.3, -0.25) is 4.79 Å². The van der Waals surface area contributed by atoms with Crippen molar-refractivity contribution in [3.05, 3.63) is 70.0 Å². The summed E-state index contributed by atoms with van der Waals surface area (Å²) in [4.78, 5) is 15.3. The van der Waals surface area contributed by atoms with Crippen molar-refractivity contribution >= 4 is 0 Å². The third kappa shape index (κ3) is 3.42. The molecule has 0 fully saturated rings. The molecule has 3 aromatic rings. The molecule has 1 aromatic carbocycles. The monoisotopic (exact) mass is 346 g/mol. The van der Waals surface area contributed by atoms with Crippen LogP contribution in [0.4, 0.5) is 13.2 Å². The van der Waals surface area contributed by atoms with Gasteiger partial charge in [-0.2, -0.15) is 23.4 Å². The minimum Gasteiger partial charge on any atom is -0.329 e. The molecule has 9 heteroatoms. The van der Waals surface area contributed by atoms with Crippen LogP contribution in [0.1, 0.15) is 17.0 Å². The molecule has 0 N–H and O–H groups in total. The Hall–Kier alpha value is -3.41. The summed E-state index contributed by atoms with van der Waals surface area (Å²) < 4.78 is 43.0. The minimum absolute atomic E-state index is 0.0330. The number of nitriles is 1. The zero-order valence-corrected chi connectivity index (χ0v) is 12.5. The Bertz CT molecular complexity index is 998. The largest absolute Gasteiger partial charge is 0.471 e. The van der Waals surface area contributed by atoms with Crippen molar-refractivity contribution < 1.29 is 17.7 Å². The van der Waals surface area contributed by atoms with Crippen molar-refractivity contribution in [1.29, 1.82) is 5.26 Å². The van der Waals surface area contributed by atoms with Gasteiger partial charge in [-0.25, -0.2) is 0 Å². The predicted molar refractivity (Wildman–Crippen MR) is 79.3 cm³/mol. The van der Waals surface area contributed by atoms with Crippen LogP contribution in [-0.4, -0.2) is 14.7 Å². The van der Waals surface area contributed by atoms with Gasteiger partial charge in [0.15, 0.2) is 0 Å². The molecular weight excluding hydrogens is 337 g/mol. The topological polar surface area (TPSA) is 84.7 Å². The number of rotatable bonds is 3. The van der Waals surface area contributed by atoms with Gasteiger partial charge < -0.3 is 9.09 Å². The molecule has 0 aliphatic carbocycles. The van der Waals surface area contributed by atoms with Gasteiger partial charge in [0.05, 0.1) is 6.54 Å². The van der Waals surface area contributed by atoms with Crippen LogP contribution in [0.25, 0.3) is 11.4 Å². The van der Waals surface area contributed by atoms with E-state index in [-0.39, 0.29) is 17.9 Å². The van der Waals surface area contributed by atoms with E-state index in [1.165, 1.54) is 22.8 Å². The second-order valence-electron chi connectivity index (χ2n) is 5.08.